The molecule has 0 radical (unpaired) electrons. The smallest absolute Gasteiger partial charge is 0.315 e. The van der Waals surface area contributed by atoms with E-state index in [9.17, 15) is 14.4 Å². The van der Waals surface area contributed by atoms with Gasteiger partial charge in [0.1, 0.15) is 0 Å². The van der Waals surface area contributed by atoms with Crippen LogP contribution in [0.4, 0.5) is 4.79 Å². The molecule has 6 nitrogen and oxygen atoms in total. The Morgan fingerprint density at radius 1 is 1.12 bits per heavy atom. The summed E-state index contributed by atoms with van der Waals surface area (Å²) in [6.07, 6.45) is 7.37. The molecule has 26 heavy (non-hydrogen) atoms. The van der Waals surface area contributed by atoms with Gasteiger partial charge in [0.25, 0.3) is 0 Å². The van der Waals surface area contributed by atoms with Crippen LogP contribution in [-0.2, 0) is 16.0 Å². The standard InChI is InChI=1S/C20H29N3O3/c1-2-3-4-8-13-22-20(26)23-17(15-19(21)25)11-12-18(24)14-16-9-6-5-7-10-16/h5-7,9-12,17H,2-4,8,13-15H2,1H3,(H2,21,25)(H2,22,23,26)/b12-11-/t17-/m0/s1. The number of amides is 3. The van der Waals surface area contributed by atoms with Crippen molar-refractivity contribution in [3.8, 4) is 0 Å². The molecule has 0 saturated heterocycles. The lowest BCUT2D eigenvalue weighted by Gasteiger charge is -2.14. The van der Waals surface area contributed by atoms with Crippen LogP contribution in [0, 0.1) is 0 Å². The monoisotopic (exact) mass is 359 g/mol. The van der Waals surface area contributed by atoms with Crippen molar-refractivity contribution < 1.29 is 14.4 Å². The maximum Gasteiger partial charge on any atom is 0.315 e. The topological polar surface area (TPSA) is 101 Å². The number of nitrogens with one attached hydrogen (secondary N) is 2. The second-order valence-electron chi connectivity index (χ2n) is 6.23. The van der Waals surface area contributed by atoms with E-state index in [1.807, 2.05) is 30.3 Å². The number of hydrogen-bond acceptors (Lipinski definition) is 3. The molecule has 1 rings (SSSR count). The van der Waals surface area contributed by atoms with Crippen LogP contribution in [0.5, 0.6) is 0 Å². The number of allylic oxidation sites excluding steroid dienone is 1. The Hall–Kier alpha value is -2.63. The van der Waals surface area contributed by atoms with E-state index in [4.69, 9.17) is 5.73 Å². The van der Waals surface area contributed by atoms with Crippen LogP contribution >= 0.6 is 0 Å². The molecular formula is C20H29N3O3. The van der Waals surface area contributed by atoms with Gasteiger partial charge in [-0.3, -0.25) is 9.59 Å². The summed E-state index contributed by atoms with van der Waals surface area (Å²) in [6, 6.07) is 8.39. The first kappa shape index (κ1) is 21.4. The maximum absolute atomic E-state index is 12.0. The van der Waals surface area contributed by atoms with Crippen LogP contribution in [0.3, 0.4) is 0 Å². The molecule has 0 aliphatic heterocycles. The number of benzene rings is 1. The quantitative estimate of drug-likeness (QED) is 0.395. The fraction of sp³-hybridized carbons (Fsp3) is 0.450. The number of nitrogens with two attached hydrogens (primary N) is 1. The number of urea groups is 1. The van der Waals surface area contributed by atoms with Gasteiger partial charge in [-0.1, -0.05) is 62.6 Å². The Balaban J connectivity index is 2.47. The number of carbonyl (C=O) groups excluding carboxylic acids is 3. The first-order valence-corrected chi connectivity index (χ1v) is 9.09. The van der Waals surface area contributed by atoms with Gasteiger partial charge in [0.05, 0.1) is 12.5 Å². The lowest BCUT2D eigenvalue weighted by molar-refractivity contribution is -0.118. The summed E-state index contributed by atoms with van der Waals surface area (Å²) in [5, 5.41) is 5.42. The van der Waals surface area contributed by atoms with Crippen LogP contribution in [0.15, 0.2) is 42.5 Å². The largest absolute Gasteiger partial charge is 0.370 e. The van der Waals surface area contributed by atoms with E-state index in [0.717, 1.165) is 31.2 Å². The Kier molecular flexibility index (Phi) is 10.5. The summed E-state index contributed by atoms with van der Waals surface area (Å²) in [5.41, 5.74) is 6.13. The summed E-state index contributed by atoms with van der Waals surface area (Å²) >= 11 is 0. The highest BCUT2D eigenvalue weighted by atomic mass is 16.2. The van der Waals surface area contributed by atoms with Crippen molar-refractivity contribution in [2.45, 2.75) is 51.5 Å². The molecule has 142 valence electrons. The Bertz CT molecular complexity index is 600. The molecule has 4 N–H and O–H groups in total. The zero-order chi connectivity index (χ0) is 19.2. The molecule has 0 fully saturated rings. The molecule has 0 bridgehead atoms. The molecule has 0 unspecified atom stereocenters. The van der Waals surface area contributed by atoms with Gasteiger partial charge in [0, 0.05) is 13.0 Å². The molecule has 0 aliphatic rings. The van der Waals surface area contributed by atoms with Crippen molar-refractivity contribution in [2.75, 3.05) is 6.54 Å². The van der Waals surface area contributed by atoms with Crippen LogP contribution in [0.1, 0.15) is 44.6 Å². The normalized spacial score (nSPS) is 11.9. The average Bonchev–Trinajstić information content (AvgIpc) is 2.60. The summed E-state index contributed by atoms with van der Waals surface area (Å²) in [4.78, 5) is 35.1. The minimum absolute atomic E-state index is 0.0572. The van der Waals surface area contributed by atoms with E-state index in [1.54, 1.807) is 0 Å². The molecule has 3 amide bonds. The molecule has 0 saturated carbocycles. The summed E-state index contributed by atoms with van der Waals surface area (Å²) in [6.45, 7) is 2.70. The van der Waals surface area contributed by atoms with Crippen LogP contribution in [-0.4, -0.2) is 30.3 Å². The number of hydrogen-bond donors (Lipinski definition) is 3. The third-order valence-electron chi connectivity index (χ3n) is 3.79. The van der Waals surface area contributed by atoms with E-state index in [0.29, 0.717) is 6.54 Å². The third kappa shape index (κ3) is 10.3. The molecule has 0 aliphatic carbocycles. The van der Waals surface area contributed by atoms with Gasteiger partial charge in [-0.2, -0.15) is 0 Å². The van der Waals surface area contributed by atoms with Gasteiger partial charge in [-0.05, 0) is 18.1 Å². The van der Waals surface area contributed by atoms with Crippen LogP contribution in [0.25, 0.3) is 0 Å². The number of unbranched alkanes of at least 4 members (excludes halogenated alkanes) is 3. The highest BCUT2D eigenvalue weighted by Gasteiger charge is 2.12. The molecule has 6 heteroatoms. The fourth-order valence-corrected chi connectivity index (χ4v) is 2.44. The average molecular weight is 359 g/mol. The van der Waals surface area contributed by atoms with Gasteiger partial charge in [-0.25, -0.2) is 4.79 Å². The predicted molar refractivity (Wildman–Crippen MR) is 103 cm³/mol. The van der Waals surface area contributed by atoms with Gasteiger partial charge in [0.15, 0.2) is 5.78 Å². The second kappa shape index (κ2) is 12.7. The van der Waals surface area contributed by atoms with Crippen molar-refractivity contribution in [3.63, 3.8) is 0 Å². The lowest BCUT2D eigenvalue weighted by Crippen LogP contribution is -2.43. The van der Waals surface area contributed by atoms with E-state index in [2.05, 4.69) is 17.6 Å². The number of carbonyl (C=O) groups is 3. The third-order valence-corrected chi connectivity index (χ3v) is 3.79. The Morgan fingerprint density at radius 2 is 1.85 bits per heavy atom. The van der Waals surface area contributed by atoms with Gasteiger partial charge < -0.3 is 16.4 Å². The van der Waals surface area contributed by atoms with Crippen molar-refractivity contribution in [1.82, 2.24) is 10.6 Å². The summed E-state index contributed by atoms with van der Waals surface area (Å²) in [5.74, 6) is -0.647. The highest BCUT2D eigenvalue weighted by Crippen LogP contribution is 2.02. The van der Waals surface area contributed by atoms with Gasteiger partial charge >= 0.3 is 6.03 Å². The first-order chi connectivity index (χ1) is 12.5. The fourth-order valence-electron chi connectivity index (χ4n) is 2.44. The van der Waals surface area contributed by atoms with E-state index < -0.39 is 11.9 Å². The van der Waals surface area contributed by atoms with Crippen molar-refractivity contribution in [3.05, 3.63) is 48.0 Å². The minimum atomic E-state index is -0.608. The Labute approximate surface area is 155 Å². The highest BCUT2D eigenvalue weighted by molar-refractivity contribution is 5.91. The van der Waals surface area contributed by atoms with Crippen LogP contribution < -0.4 is 16.4 Å². The molecule has 1 atom stereocenters. The van der Waals surface area contributed by atoms with E-state index >= 15 is 0 Å². The SMILES string of the molecule is CCCCCCNC(=O)N[C@@H](/C=C\C(=O)Cc1ccccc1)CC(N)=O. The minimum Gasteiger partial charge on any atom is -0.370 e. The zero-order valence-electron chi connectivity index (χ0n) is 15.4. The molecule has 0 spiro atoms. The first-order valence-electron chi connectivity index (χ1n) is 9.09. The molecule has 0 aromatic heterocycles. The van der Waals surface area contributed by atoms with Gasteiger partial charge in [-0.15, -0.1) is 0 Å². The second-order valence-corrected chi connectivity index (χ2v) is 6.23. The number of rotatable bonds is 12. The molecule has 1 aromatic rings. The molecular weight excluding hydrogens is 330 g/mol. The summed E-state index contributed by atoms with van der Waals surface area (Å²) in [7, 11) is 0. The van der Waals surface area contributed by atoms with Crippen molar-refractivity contribution in [2.24, 2.45) is 5.73 Å². The predicted octanol–water partition coefficient (Wildman–Crippen LogP) is 2.48. The van der Waals surface area contributed by atoms with Crippen LogP contribution in [0.2, 0.25) is 0 Å². The number of primary amides is 1. The van der Waals surface area contributed by atoms with Crippen molar-refractivity contribution >= 4 is 17.7 Å². The molecule has 0 heterocycles. The molecule has 1 aromatic carbocycles. The van der Waals surface area contributed by atoms with Gasteiger partial charge in [0.2, 0.25) is 5.91 Å². The number of ketones is 1. The Morgan fingerprint density at radius 3 is 2.50 bits per heavy atom. The maximum atomic E-state index is 12.0. The van der Waals surface area contributed by atoms with E-state index in [-0.39, 0.29) is 24.7 Å². The lowest BCUT2D eigenvalue weighted by atomic mass is 10.1. The zero-order valence-corrected chi connectivity index (χ0v) is 15.4. The van der Waals surface area contributed by atoms with E-state index in [1.165, 1.54) is 12.2 Å². The van der Waals surface area contributed by atoms with Crippen molar-refractivity contribution in [1.29, 1.82) is 0 Å². The summed E-state index contributed by atoms with van der Waals surface area (Å²) < 4.78 is 0.